The van der Waals surface area contributed by atoms with Crippen molar-refractivity contribution in [1.82, 2.24) is 0 Å². The average Bonchev–Trinajstić information content (AvgIpc) is 2.54. The topological polar surface area (TPSA) is 72.2 Å². The van der Waals surface area contributed by atoms with Crippen LogP contribution in [-0.4, -0.2) is 16.2 Å². The minimum Gasteiger partial charge on any atom is -0.328 e. The van der Waals surface area contributed by atoms with Crippen LogP contribution in [0, 0.1) is 0 Å². The van der Waals surface area contributed by atoms with Crippen LogP contribution in [0.2, 0.25) is 0 Å². The SMILES string of the molecule is CC(N)CCC(=O)Nc1cccc(CS(=O)c2ccccc2)c1.Cl. The van der Waals surface area contributed by atoms with E-state index in [1.807, 2.05) is 61.5 Å². The molecule has 4 nitrogen and oxygen atoms in total. The lowest BCUT2D eigenvalue weighted by Crippen LogP contribution is -2.19. The van der Waals surface area contributed by atoms with Crippen molar-refractivity contribution < 1.29 is 9.00 Å². The van der Waals surface area contributed by atoms with Crippen LogP contribution in [0.1, 0.15) is 25.3 Å². The van der Waals surface area contributed by atoms with Gasteiger partial charge in [0.2, 0.25) is 5.91 Å². The van der Waals surface area contributed by atoms with Crippen molar-refractivity contribution in [2.45, 2.75) is 36.5 Å². The van der Waals surface area contributed by atoms with Crippen LogP contribution < -0.4 is 11.1 Å². The monoisotopic (exact) mass is 366 g/mol. The van der Waals surface area contributed by atoms with Gasteiger partial charge in [-0.25, -0.2) is 0 Å². The molecule has 2 rings (SSSR count). The molecule has 0 saturated heterocycles. The Labute approximate surface area is 151 Å². The van der Waals surface area contributed by atoms with E-state index in [1.54, 1.807) is 0 Å². The third-order valence-electron chi connectivity index (χ3n) is 3.34. The number of halogens is 1. The van der Waals surface area contributed by atoms with Crippen molar-refractivity contribution in [3.8, 4) is 0 Å². The summed E-state index contributed by atoms with van der Waals surface area (Å²) in [6.45, 7) is 1.88. The zero-order valence-corrected chi connectivity index (χ0v) is 15.2. The molecule has 2 unspecified atom stereocenters. The summed E-state index contributed by atoms with van der Waals surface area (Å²) in [5.41, 5.74) is 7.31. The minimum absolute atomic E-state index is 0. The standard InChI is InChI=1S/C18H22N2O2S.ClH/c1-14(19)10-11-18(21)20-16-7-5-6-15(12-16)13-23(22)17-8-3-2-4-9-17;/h2-9,12,14H,10-11,13,19H2,1H3,(H,20,21);1H. The van der Waals surface area contributed by atoms with Crippen molar-refractivity contribution in [2.24, 2.45) is 5.73 Å². The van der Waals surface area contributed by atoms with Crippen molar-refractivity contribution in [3.63, 3.8) is 0 Å². The van der Waals surface area contributed by atoms with E-state index in [0.29, 0.717) is 18.6 Å². The number of nitrogens with one attached hydrogen (secondary N) is 1. The van der Waals surface area contributed by atoms with E-state index in [-0.39, 0.29) is 24.4 Å². The van der Waals surface area contributed by atoms with Gasteiger partial charge in [0.15, 0.2) is 0 Å². The second-order valence-electron chi connectivity index (χ2n) is 5.57. The zero-order valence-electron chi connectivity index (χ0n) is 13.6. The quantitative estimate of drug-likeness (QED) is 0.787. The molecular formula is C18H23ClN2O2S. The molecule has 0 aliphatic heterocycles. The van der Waals surface area contributed by atoms with Crippen LogP contribution in [0.4, 0.5) is 5.69 Å². The third kappa shape index (κ3) is 6.83. The average molecular weight is 367 g/mol. The van der Waals surface area contributed by atoms with Crippen molar-refractivity contribution in [1.29, 1.82) is 0 Å². The predicted molar refractivity (Wildman–Crippen MR) is 102 cm³/mol. The minimum atomic E-state index is -1.09. The van der Waals surface area contributed by atoms with Gasteiger partial charge < -0.3 is 11.1 Å². The molecule has 6 heteroatoms. The maximum absolute atomic E-state index is 12.3. The first-order valence-electron chi connectivity index (χ1n) is 7.62. The van der Waals surface area contributed by atoms with Crippen LogP contribution in [0.5, 0.6) is 0 Å². The lowest BCUT2D eigenvalue weighted by Gasteiger charge is -2.09. The summed E-state index contributed by atoms with van der Waals surface area (Å²) < 4.78 is 12.3. The number of anilines is 1. The first-order chi connectivity index (χ1) is 11.0. The molecule has 2 aromatic rings. The molecule has 0 bridgehead atoms. The Bertz CT molecular complexity index is 678. The molecule has 3 N–H and O–H groups in total. The van der Waals surface area contributed by atoms with E-state index in [4.69, 9.17) is 5.73 Å². The van der Waals surface area contributed by atoms with Crippen LogP contribution >= 0.6 is 12.4 Å². The summed E-state index contributed by atoms with van der Waals surface area (Å²) in [5.74, 6) is 0.372. The fourth-order valence-electron chi connectivity index (χ4n) is 2.13. The predicted octanol–water partition coefficient (Wildman–Crippen LogP) is 3.48. The summed E-state index contributed by atoms with van der Waals surface area (Å²) in [7, 11) is -1.09. The molecule has 0 heterocycles. The Morgan fingerprint density at radius 2 is 1.88 bits per heavy atom. The number of benzene rings is 2. The highest BCUT2D eigenvalue weighted by atomic mass is 35.5. The van der Waals surface area contributed by atoms with Gasteiger partial charge in [0.1, 0.15) is 0 Å². The first kappa shape index (κ1) is 20.4. The fraction of sp³-hybridized carbons (Fsp3) is 0.278. The van der Waals surface area contributed by atoms with Gasteiger partial charge in [0.05, 0.1) is 16.6 Å². The molecule has 24 heavy (non-hydrogen) atoms. The van der Waals surface area contributed by atoms with Gasteiger partial charge in [-0.1, -0.05) is 30.3 Å². The molecule has 130 valence electrons. The van der Waals surface area contributed by atoms with Gasteiger partial charge in [-0.15, -0.1) is 12.4 Å². The highest BCUT2D eigenvalue weighted by Gasteiger charge is 2.07. The summed E-state index contributed by atoms with van der Waals surface area (Å²) in [4.78, 5) is 12.6. The van der Waals surface area contributed by atoms with Crippen molar-refractivity contribution in [2.75, 3.05) is 5.32 Å². The number of hydrogen-bond donors (Lipinski definition) is 2. The molecule has 2 atom stereocenters. The Morgan fingerprint density at radius 1 is 1.17 bits per heavy atom. The molecule has 0 aromatic heterocycles. The van der Waals surface area contributed by atoms with Crippen LogP contribution in [-0.2, 0) is 21.3 Å². The Kier molecular flexibility index (Phi) is 8.68. The summed E-state index contributed by atoms with van der Waals surface area (Å²) in [6, 6.07) is 16.9. The molecule has 0 radical (unpaired) electrons. The van der Waals surface area contributed by atoms with Gasteiger partial charge >= 0.3 is 0 Å². The van der Waals surface area contributed by atoms with Gasteiger partial charge in [-0.05, 0) is 43.2 Å². The highest BCUT2D eigenvalue weighted by molar-refractivity contribution is 7.84. The largest absolute Gasteiger partial charge is 0.328 e. The number of amides is 1. The number of carbonyl (C=O) groups is 1. The number of carbonyl (C=O) groups excluding carboxylic acids is 1. The zero-order chi connectivity index (χ0) is 16.7. The normalized spacial score (nSPS) is 12.8. The molecular weight excluding hydrogens is 344 g/mol. The van der Waals surface area contributed by atoms with Gasteiger partial charge in [0.25, 0.3) is 0 Å². The Hall–Kier alpha value is -1.69. The van der Waals surface area contributed by atoms with Crippen molar-refractivity contribution >= 4 is 34.8 Å². The van der Waals surface area contributed by atoms with E-state index in [0.717, 1.165) is 16.1 Å². The fourth-order valence-corrected chi connectivity index (χ4v) is 3.24. The van der Waals surface area contributed by atoms with E-state index >= 15 is 0 Å². The summed E-state index contributed by atoms with van der Waals surface area (Å²) >= 11 is 0. The molecule has 0 aliphatic rings. The van der Waals surface area contributed by atoms with Crippen LogP contribution in [0.3, 0.4) is 0 Å². The second-order valence-corrected chi connectivity index (χ2v) is 7.02. The van der Waals surface area contributed by atoms with Crippen LogP contribution in [0.25, 0.3) is 0 Å². The molecule has 0 aliphatic carbocycles. The number of rotatable bonds is 7. The second kappa shape index (κ2) is 10.2. The molecule has 2 aromatic carbocycles. The maximum atomic E-state index is 12.3. The van der Waals surface area contributed by atoms with E-state index in [1.165, 1.54) is 0 Å². The molecule has 0 spiro atoms. The molecule has 0 fully saturated rings. The summed E-state index contributed by atoms with van der Waals surface area (Å²) in [6.07, 6.45) is 1.06. The maximum Gasteiger partial charge on any atom is 0.224 e. The van der Waals surface area contributed by atoms with E-state index in [9.17, 15) is 9.00 Å². The molecule has 0 saturated carbocycles. The van der Waals surface area contributed by atoms with Gasteiger partial charge in [-0.3, -0.25) is 9.00 Å². The lowest BCUT2D eigenvalue weighted by atomic mass is 10.2. The highest BCUT2D eigenvalue weighted by Crippen LogP contribution is 2.16. The van der Waals surface area contributed by atoms with Gasteiger partial charge in [0, 0.05) is 23.0 Å². The smallest absolute Gasteiger partial charge is 0.224 e. The van der Waals surface area contributed by atoms with Gasteiger partial charge in [-0.2, -0.15) is 0 Å². The number of hydrogen-bond acceptors (Lipinski definition) is 3. The van der Waals surface area contributed by atoms with Crippen molar-refractivity contribution in [3.05, 3.63) is 60.2 Å². The van der Waals surface area contributed by atoms with E-state index in [2.05, 4.69) is 5.32 Å². The lowest BCUT2D eigenvalue weighted by molar-refractivity contribution is -0.116. The number of nitrogens with two attached hydrogens (primary N) is 1. The van der Waals surface area contributed by atoms with E-state index < -0.39 is 10.8 Å². The Morgan fingerprint density at radius 3 is 2.54 bits per heavy atom. The van der Waals surface area contributed by atoms with Crippen LogP contribution in [0.15, 0.2) is 59.5 Å². The summed E-state index contributed by atoms with van der Waals surface area (Å²) in [5, 5.41) is 2.86. The Balaban J connectivity index is 0.00000288. The third-order valence-corrected chi connectivity index (χ3v) is 4.73. The first-order valence-corrected chi connectivity index (χ1v) is 8.94. The molecule has 1 amide bonds.